The van der Waals surface area contributed by atoms with Gasteiger partial charge in [-0.1, -0.05) is 6.92 Å². The maximum atomic E-state index is 9.99. The number of nitrogens with one attached hydrogen (secondary N) is 1. The maximum absolute atomic E-state index is 9.99. The summed E-state index contributed by atoms with van der Waals surface area (Å²) in [5.74, 6) is 0. The van der Waals surface area contributed by atoms with E-state index in [-0.39, 0.29) is 0 Å². The van der Waals surface area contributed by atoms with Crippen molar-refractivity contribution in [2.24, 2.45) is 0 Å². The van der Waals surface area contributed by atoms with Crippen molar-refractivity contribution >= 4 is 11.3 Å². The van der Waals surface area contributed by atoms with Crippen molar-refractivity contribution in [3.63, 3.8) is 0 Å². The van der Waals surface area contributed by atoms with E-state index in [9.17, 15) is 5.11 Å². The first kappa shape index (κ1) is 12.1. The normalized spacial score (nSPS) is 23.8. The zero-order chi connectivity index (χ0) is 11.6. The first-order chi connectivity index (χ1) is 7.62. The van der Waals surface area contributed by atoms with Crippen LogP contribution in [0.15, 0.2) is 11.4 Å². The van der Waals surface area contributed by atoms with Crippen LogP contribution < -0.4 is 5.32 Å². The Kier molecular flexibility index (Phi) is 3.67. The van der Waals surface area contributed by atoms with E-state index in [1.54, 1.807) is 0 Å². The number of aliphatic hydroxyl groups is 1. The van der Waals surface area contributed by atoms with Crippen molar-refractivity contribution in [3.8, 4) is 0 Å². The van der Waals surface area contributed by atoms with E-state index in [0.717, 1.165) is 6.42 Å². The zero-order valence-corrected chi connectivity index (χ0v) is 10.9. The molecule has 0 spiro atoms. The fraction of sp³-hybridized carbons (Fsp3) is 0.692. The van der Waals surface area contributed by atoms with Crippen LogP contribution in [0.1, 0.15) is 49.6 Å². The standard InChI is InChI=1S/C13H21NOS/c1-3-13(2,15)9-14-11-5-4-6-12-10(11)7-8-16-12/h7-8,11,14-15H,3-6,9H2,1-2H3. The summed E-state index contributed by atoms with van der Waals surface area (Å²) in [6.45, 7) is 4.61. The SMILES string of the molecule is CCC(C)(O)CNC1CCCc2sccc21. The highest BCUT2D eigenvalue weighted by Gasteiger charge is 2.24. The lowest BCUT2D eigenvalue weighted by Gasteiger charge is -2.28. The van der Waals surface area contributed by atoms with Crippen LogP contribution in [-0.4, -0.2) is 17.3 Å². The van der Waals surface area contributed by atoms with Gasteiger partial charge in [0.2, 0.25) is 0 Å². The molecule has 2 unspecified atom stereocenters. The highest BCUT2D eigenvalue weighted by atomic mass is 32.1. The first-order valence-electron chi connectivity index (χ1n) is 6.14. The lowest BCUT2D eigenvalue weighted by molar-refractivity contribution is 0.0522. The molecule has 2 N–H and O–H groups in total. The van der Waals surface area contributed by atoms with Gasteiger partial charge in [0.1, 0.15) is 0 Å². The summed E-state index contributed by atoms with van der Waals surface area (Å²) in [6, 6.07) is 2.69. The van der Waals surface area contributed by atoms with E-state index in [1.165, 1.54) is 29.7 Å². The molecule has 1 aromatic rings. The van der Waals surface area contributed by atoms with Gasteiger partial charge in [0.05, 0.1) is 5.60 Å². The summed E-state index contributed by atoms with van der Waals surface area (Å²) in [7, 11) is 0. The van der Waals surface area contributed by atoms with Gasteiger partial charge in [-0.15, -0.1) is 11.3 Å². The molecular formula is C13H21NOS. The second-order valence-electron chi connectivity index (χ2n) is 4.98. The lowest BCUT2D eigenvalue weighted by atomic mass is 9.93. The third-order valence-electron chi connectivity index (χ3n) is 3.54. The van der Waals surface area contributed by atoms with Crippen molar-refractivity contribution in [1.82, 2.24) is 5.32 Å². The summed E-state index contributed by atoms with van der Waals surface area (Å²) in [6.07, 6.45) is 4.49. The predicted molar refractivity (Wildman–Crippen MR) is 68.9 cm³/mol. The summed E-state index contributed by atoms with van der Waals surface area (Å²) < 4.78 is 0. The van der Waals surface area contributed by atoms with Crippen molar-refractivity contribution in [1.29, 1.82) is 0 Å². The third-order valence-corrected chi connectivity index (χ3v) is 4.54. The average molecular weight is 239 g/mol. The van der Waals surface area contributed by atoms with Gasteiger partial charge in [-0.2, -0.15) is 0 Å². The van der Waals surface area contributed by atoms with Gasteiger partial charge in [-0.3, -0.25) is 0 Å². The minimum absolute atomic E-state index is 0.452. The molecule has 0 bridgehead atoms. The van der Waals surface area contributed by atoms with Crippen molar-refractivity contribution in [2.75, 3.05) is 6.54 Å². The van der Waals surface area contributed by atoms with Gasteiger partial charge in [-0.25, -0.2) is 0 Å². The van der Waals surface area contributed by atoms with Crippen LogP contribution in [0.25, 0.3) is 0 Å². The molecule has 90 valence electrons. The van der Waals surface area contributed by atoms with Crippen molar-refractivity contribution in [3.05, 3.63) is 21.9 Å². The summed E-state index contributed by atoms with van der Waals surface area (Å²) in [4.78, 5) is 1.53. The van der Waals surface area contributed by atoms with Crippen LogP contribution in [0.3, 0.4) is 0 Å². The minimum Gasteiger partial charge on any atom is -0.389 e. The van der Waals surface area contributed by atoms with Crippen molar-refractivity contribution < 1.29 is 5.11 Å². The highest BCUT2D eigenvalue weighted by Crippen LogP contribution is 2.33. The van der Waals surface area contributed by atoms with Crippen LogP contribution in [0.4, 0.5) is 0 Å². The quantitative estimate of drug-likeness (QED) is 0.847. The lowest BCUT2D eigenvalue weighted by Crippen LogP contribution is -2.39. The van der Waals surface area contributed by atoms with Gasteiger partial charge >= 0.3 is 0 Å². The molecule has 0 amide bonds. The molecule has 1 heterocycles. The number of rotatable bonds is 4. The molecule has 1 aliphatic carbocycles. The fourth-order valence-electron chi connectivity index (χ4n) is 2.17. The molecule has 2 atom stereocenters. The highest BCUT2D eigenvalue weighted by molar-refractivity contribution is 7.10. The second-order valence-corrected chi connectivity index (χ2v) is 5.98. The summed E-state index contributed by atoms with van der Waals surface area (Å²) in [5, 5.41) is 15.7. The molecule has 2 nitrogen and oxygen atoms in total. The number of fused-ring (bicyclic) bond motifs is 1. The fourth-order valence-corrected chi connectivity index (χ4v) is 3.15. The van der Waals surface area contributed by atoms with E-state index < -0.39 is 5.60 Å². The van der Waals surface area contributed by atoms with E-state index in [1.807, 2.05) is 25.2 Å². The van der Waals surface area contributed by atoms with E-state index in [4.69, 9.17) is 0 Å². The molecule has 0 radical (unpaired) electrons. The van der Waals surface area contributed by atoms with Crippen LogP contribution in [0.2, 0.25) is 0 Å². The van der Waals surface area contributed by atoms with Gasteiger partial charge < -0.3 is 10.4 Å². The number of thiophene rings is 1. The Morgan fingerprint density at radius 3 is 3.19 bits per heavy atom. The van der Waals surface area contributed by atoms with Crippen LogP contribution in [-0.2, 0) is 6.42 Å². The van der Waals surface area contributed by atoms with E-state index in [2.05, 4.69) is 16.8 Å². The molecule has 1 aliphatic rings. The Bertz CT molecular complexity index is 345. The molecule has 0 saturated heterocycles. The summed E-state index contributed by atoms with van der Waals surface area (Å²) in [5.41, 5.74) is 0.885. The zero-order valence-electron chi connectivity index (χ0n) is 10.1. The minimum atomic E-state index is -0.576. The Morgan fingerprint density at radius 1 is 1.62 bits per heavy atom. The van der Waals surface area contributed by atoms with Crippen LogP contribution in [0.5, 0.6) is 0 Å². The van der Waals surface area contributed by atoms with Crippen LogP contribution >= 0.6 is 11.3 Å². The Morgan fingerprint density at radius 2 is 2.44 bits per heavy atom. The Labute approximate surface area is 102 Å². The molecule has 0 fully saturated rings. The molecule has 16 heavy (non-hydrogen) atoms. The van der Waals surface area contributed by atoms with E-state index in [0.29, 0.717) is 12.6 Å². The van der Waals surface area contributed by atoms with E-state index >= 15 is 0 Å². The largest absolute Gasteiger partial charge is 0.389 e. The molecule has 3 heteroatoms. The molecule has 1 aromatic heterocycles. The van der Waals surface area contributed by atoms with Crippen molar-refractivity contribution in [2.45, 2.75) is 51.2 Å². The first-order valence-corrected chi connectivity index (χ1v) is 7.02. The smallest absolute Gasteiger partial charge is 0.0741 e. The third kappa shape index (κ3) is 2.65. The predicted octanol–water partition coefficient (Wildman–Crippen LogP) is 2.88. The monoisotopic (exact) mass is 239 g/mol. The van der Waals surface area contributed by atoms with Gasteiger partial charge in [-0.05, 0) is 49.6 Å². The molecular weight excluding hydrogens is 218 g/mol. The molecule has 0 aromatic carbocycles. The van der Waals surface area contributed by atoms with Gasteiger partial charge in [0.25, 0.3) is 0 Å². The Hall–Kier alpha value is -0.380. The van der Waals surface area contributed by atoms with Crippen LogP contribution in [0, 0.1) is 0 Å². The average Bonchev–Trinajstić information content (AvgIpc) is 2.75. The number of hydrogen-bond acceptors (Lipinski definition) is 3. The maximum Gasteiger partial charge on any atom is 0.0741 e. The summed E-state index contributed by atoms with van der Waals surface area (Å²) >= 11 is 1.87. The number of hydrogen-bond donors (Lipinski definition) is 2. The number of aryl methyl sites for hydroxylation is 1. The molecule has 2 rings (SSSR count). The second kappa shape index (κ2) is 4.86. The molecule has 0 aliphatic heterocycles. The van der Waals surface area contributed by atoms with Gasteiger partial charge in [0.15, 0.2) is 0 Å². The Balaban J connectivity index is 1.98. The topological polar surface area (TPSA) is 32.3 Å². The molecule has 0 saturated carbocycles. The van der Waals surface area contributed by atoms with Gasteiger partial charge in [0, 0.05) is 17.5 Å².